The van der Waals surface area contributed by atoms with Crippen LogP contribution in [0.1, 0.15) is 19.0 Å². The van der Waals surface area contributed by atoms with E-state index in [2.05, 4.69) is 39.1 Å². The van der Waals surface area contributed by atoms with Crippen molar-refractivity contribution in [2.24, 2.45) is 0 Å². The second-order valence-electron chi connectivity index (χ2n) is 5.66. The number of likely N-dealkylation sites (N-methyl/N-ethyl adjacent to an activating group) is 1. The quantitative estimate of drug-likeness (QED) is 0.830. The number of hydrogen-bond donors (Lipinski definition) is 2. The highest BCUT2D eigenvalue weighted by Crippen LogP contribution is 2.10. The Bertz CT molecular complexity index is 407. The normalized spacial score (nSPS) is 18.9. The van der Waals surface area contributed by atoms with Gasteiger partial charge in [0.15, 0.2) is 0 Å². The first-order valence-corrected chi connectivity index (χ1v) is 7.32. The van der Waals surface area contributed by atoms with E-state index < -0.39 is 0 Å². The zero-order valence-electron chi connectivity index (χ0n) is 12.8. The van der Waals surface area contributed by atoms with Crippen molar-refractivity contribution in [3.8, 4) is 0 Å². The number of nitrogens with zero attached hydrogens (tertiary/aromatic N) is 4. The Balaban J connectivity index is 1.75. The lowest BCUT2D eigenvalue weighted by molar-refractivity contribution is 0.116. The van der Waals surface area contributed by atoms with Gasteiger partial charge in [-0.25, -0.2) is 4.98 Å². The molecule has 6 nitrogen and oxygen atoms in total. The van der Waals surface area contributed by atoms with E-state index in [1.807, 2.05) is 13.0 Å². The average molecular weight is 278 g/mol. The molecular formula is C14H26N6. The fourth-order valence-electron chi connectivity index (χ4n) is 2.54. The molecule has 0 aromatic carbocycles. The molecule has 112 valence electrons. The molecule has 1 fully saturated rings. The van der Waals surface area contributed by atoms with E-state index in [9.17, 15) is 0 Å². The molecule has 1 aliphatic heterocycles. The van der Waals surface area contributed by atoms with Crippen molar-refractivity contribution >= 4 is 11.8 Å². The Morgan fingerprint density at radius 2 is 2.00 bits per heavy atom. The van der Waals surface area contributed by atoms with Crippen molar-refractivity contribution in [1.29, 1.82) is 0 Å². The van der Waals surface area contributed by atoms with Crippen LogP contribution >= 0.6 is 0 Å². The molecule has 0 amide bonds. The van der Waals surface area contributed by atoms with Crippen LogP contribution in [0, 0.1) is 6.92 Å². The summed E-state index contributed by atoms with van der Waals surface area (Å²) in [6, 6.07) is 2.52. The van der Waals surface area contributed by atoms with Gasteiger partial charge in [-0.05, 0) is 27.3 Å². The Kier molecular flexibility index (Phi) is 5.14. The molecule has 0 aliphatic carbocycles. The molecular weight excluding hydrogens is 252 g/mol. The number of rotatable bonds is 5. The highest BCUT2D eigenvalue weighted by molar-refractivity contribution is 5.39. The number of hydrogen-bond acceptors (Lipinski definition) is 6. The third kappa shape index (κ3) is 4.31. The molecule has 0 bridgehead atoms. The molecule has 1 aromatic rings. The smallest absolute Gasteiger partial charge is 0.222 e. The van der Waals surface area contributed by atoms with Crippen molar-refractivity contribution in [2.75, 3.05) is 50.8 Å². The van der Waals surface area contributed by atoms with Gasteiger partial charge in [0.05, 0.1) is 0 Å². The molecule has 1 aliphatic rings. The number of aromatic nitrogens is 2. The van der Waals surface area contributed by atoms with E-state index in [-0.39, 0.29) is 0 Å². The first kappa shape index (κ1) is 15.0. The maximum Gasteiger partial charge on any atom is 0.222 e. The first-order chi connectivity index (χ1) is 9.54. The fourth-order valence-corrected chi connectivity index (χ4v) is 2.54. The predicted molar refractivity (Wildman–Crippen MR) is 82.8 cm³/mol. The summed E-state index contributed by atoms with van der Waals surface area (Å²) < 4.78 is 0. The van der Waals surface area contributed by atoms with Crippen molar-refractivity contribution in [2.45, 2.75) is 26.3 Å². The minimum absolute atomic E-state index is 0.333. The number of aryl methyl sites for hydroxylation is 1. The van der Waals surface area contributed by atoms with E-state index in [1.54, 1.807) is 0 Å². The number of anilines is 2. The van der Waals surface area contributed by atoms with Gasteiger partial charge in [0.1, 0.15) is 5.82 Å². The minimum atomic E-state index is 0.333. The summed E-state index contributed by atoms with van der Waals surface area (Å²) in [6.45, 7) is 9.79. The van der Waals surface area contributed by atoms with Crippen LogP contribution in [0.15, 0.2) is 6.07 Å². The average Bonchev–Trinajstić information content (AvgIpc) is 2.38. The van der Waals surface area contributed by atoms with E-state index in [4.69, 9.17) is 5.73 Å². The molecule has 1 unspecified atom stereocenters. The molecule has 1 atom stereocenters. The van der Waals surface area contributed by atoms with Crippen LogP contribution in [0.25, 0.3) is 0 Å². The SMILES string of the molecule is Cc1cc(NCCC(C)N2CCN(C)CC2)nc(N)n1. The van der Waals surface area contributed by atoms with Crippen molar-refractivity contribution < 1.29 is 0 Å². The second kappa shape index (κ2) is 6.85. The predicted octanol–water partition coefficient (Wildman–Crippen LogP) is 0.805. The van der Waals surface area contributed by atoms with Crippen molar-refractivity contribution in [3.63, 3.8) is 0 Å². The molecule has 2 heterocycles. The van der Waals surface area contributed by atoms with Gasteiger partial charge in [-0.1, -0.05) is 0 Å². The summed E-state index contributed by atoms with van der Waals surface area (Å²) in [4.78, 5) is 13.2. The molecule has 0 spiro atoms. The van der Waals surface area contributed by atoms with Crippen molar-refractivity contribution in [3.05, 3.63) is 11.8 Å². The Morgan fingerprint density at radius 1 is 1.30 bits per heavy atom. The third-order valence-electron chi connectivity index (χ3n) is 3.90. The molecule has 1 saturated heterocycles. The summed E-state index contributed by atoms with van der Waals surface area (Å²) in [5, 5.41) is 3.34. The van der Waals surface area contributed by atoms with Gasteiger partial charge in [-0.3, -0.25) is 4.90 Å². The van der Waals surface area contributed by atoms with Gasteiger partial charge >= 0.3 is 0 Å². The fraction of sp³-hybridized carbons (Fsp3) is 0.714. The minimum Gasteiger partial charge on any atom is -0.370 e. The number of piperazine rings is 1. The first-order valence-electron chi connectivity index (χ1n) is 7.32. The van der Waals surface area contributed by atoms with Gasteiger partial charge in [0.25, 0.3) is 0 Å². The van der Waals surface area contributed by atoms with Crippen LogP contribution in [0.3, 0.4) is 0 Å². The Labute approximate surface area is 121 Å². The summed E-state index contributed by atoms with van der Waals surface area (Å²) in [5.41, 5.74) is 6.54. The summed E-state index contributed by atoms with van der Waals surface area (Å²) in [6.07, 6.45) is 1.10. The van der Waals surface area contributed by atoms with Crippen LogP contribution in [0.4, 0.5) is 11.8 Å². The largest absolute Gasteiger partial charge is 0.370 e. The zero-order valence-corrected chi connectivity index (χ0v) is 12.8. The van der Waals surface area contributed by atoms with Gasteiger partial charge in [-0.15, -0.1) is 0 Å². The van der Waals surface area contributed by atoms with Crippen LogP contribution in [-0.2, 0) is 0 Å². The lowest BCUT2D eigenvalue weighted by atomic mass is 10.1. The topological polar surface area (TPSA) is 70.3 Å². The van der Waals surface area contributed by atoms with Crippen LogP contribution < -0.4 is 11.1 Å². The van der Waals surface area contributed by atoms with Crippen molar-refractivity contribution in [1.82, 2.24) is 19.8 Å². The van der Waals surface area contributed by atoms with Crippen LogP contribution in [0.2, 0.25) is 0 Å². The summed E-state index contributed by atoms with van der Waals surface area (Å²) in [5.74, 6) is 1.15. The molecule has 6 heteroatoms. The lowest BCUT2D eigenvalue weighted by Crippen LogP contribution is -2.48. The van der Waals surface area contributed by atoms with E-state index >= 15 is 0 Å². The molecule has 20 heavy (non-hydrogen) atoms. The van der Waals surface area contributed by atoms with E-state index in [1.165, 1.54) is 13.1 Å². The standard InChI is InChI=1S/C14H26N6/c1-11-10-13(18-14(15)17-11)16-5-4-12(2)20-8-6-19(3)7-9-20/h10,12H,4-9H2,1-3H3,(H3,15,16,17,18). The second-order valence-corrected chi connectivity index (χ2v) is 5.66. The zero-order chi connectivity index (χ0) is 14.5. The summed E-state index contributed by atoms with van der Waals surface area (Å²) in [7, 11) is 2.19. The lowest BCUT2D eigenvalue weighted by Gasteiger charge is -2.36. The van der Waals surface area contributed by atoms with Gasteiger partial charge < -0.3 is 16.0 Å². The maximum atomic E-state index is 5.65. The van der Waals surface area contributed by atoms with Gasteiger partial charge in [0.2, 0.25) is 5.95 Å². The number of nitrogen functional groups attached to an aromatic ring is 1. The third-order valence-corrected chi connectivity index (χ3v) is 3.90. The number of nitrogens with two attached hydrogens (primary N) is 1. The van der Waals surface area contributed by atoms with Gasteiger partial charge in [0, 0.05) is 50.5 Å². The molecule has 0 radical (unpaired) electrons. The molecule has 1 aromatic heterocycles. The Hall–Kier alpha value is -1.40. The number of nitrogens with one attached hydrogen (secondary N) is 1. The van der Waals surface area contributed by atoms with E-state index in [0.717, 1.165) is 37.6 Å². The highest BCUT2D eigenvalue weighted by Gasteiger charge is 2.18. The van der Waals surface area contributed by atoms with Gasteiger partial charge in [-0.2, -0.15) is 4.98 Å². The van der Waals surface area contributed by atoms with Crippen LogP contribution in [-0.4, -0.2) is 65.6 Å². The molecule has 0 saturated carbocycles. The maximum absolute atomic E-state index is 5.65. The van der Waals surface area contributed by atoms with E-state index in [0.29, 0.717) is 12.0 Å². The Morgan fingerprint density at radius 3 is 2.65 bits per heavy atom. The molecule has 2 rings (SSSR count). The highest BCUT2D eigenvalue weighted by atomic mass is 15.3. The molecule has 3 N–H and O–H groups in total. The summed E-state index contributed by atoms with van der Waals surface area (Å²) >= 11 is 0. The van der Waals surface area contributed by atoms with Crippen LogP contribution in [0.5, 0.6) is 0 Å². The monoisotopic (exact) mass is 278 g/mol.